The number of benzene rings is 2. The number of nitrogens with zero attached hydrogens (tertiary/aromatic N) is 2. The third kappa shape index (κ3) is 7.65. The molecule has 0 aliphatic carbocycles. The summed E-state index contributed by atoms with van der Waals surface area (Å²) in [4.78, 5) is 6.92. The van der Waals surface area contributed by atoms with Gasteiger partial charge in [0.2, 0.25) is 5.75 Å². The van der Waals surface area contributed by atoms with Gasteiger partial charge in [-0.25, -0.2) is 0 Å². The Morgan fingerprint density at radius 2 is 1.62 bits per heavy atom. The molecule has 32 heavy (non-hydrogen) atoms. The molecular formula is C24H36IN3O4. The van der Waals surface area contributed by atoms with Crippen LogP contribution in [0.2, 0.25) is 0 Å². The van der Waals surface area contributed by atoms with E-state index in [1.165, 1.54) is 5.56 Å². The van der Waals surface area contributed by atoms with E-state index in [9.17, 15) is 0 Å². The number of nitrogens with one attached hydrogen (secondary N) is 1. The second kappa shape index (κ2) is 14.7. The van der Waals surface area contributed by atoms with Gasteiger partial charge >= 0.3 is 0 Å². The topological polar surface area (TPSA) is 64.6 Å². The Bertz CT molecular complexity index is 844. The van der Waals surface area contributed by atoms with Crippen LogP contribution in [0.3, 0.4) is 0 Å². The summed E-state index contributed by atoms with van der Waals surface area (Å²) in [6.45, 7) is 6.88. The molecular weight excluding hydrogens is 521 g/mol. The van der Waals surface area contributed by atoms with Gasteiger partial charge in [0.05, 0.1) is 27.9 Å². The second-order valence-electron chi connectivity index (χ2n) is 6.91. The average molecular weight is 557 g/mol. The first-order valence-corrected chi connectivity index (χ1v) is 10.6. The van der Waals surface area contributed by atoms with Gasteiger partial charge in [0.15, 0.2) is 17.5 Å². The fourth-order valence-corrected chi connectivity index (χ4v) is 3.32. The molecule has 0 radical (unpaired) electrons. The Labute approximate surface area is 209 Å². The Balaban J connectivity index is 0.00000512. The Kier molecular flexibility index (Phi) is 12.7. The standard InChI is InChI=1S/C24H35N3O4.HI/c1-7-25-24(27(3)17-18-9-12-20(13-10-18)31-8-2)26-16-15-19-11-14-21(28-4)23(30-6)22(19)29-5;/h9-14H,7-8,15-17H2,1-6H3,(H,25,26);1H. The maximum atomic E-state index is 5.58. The van der Waals surface area contributed by atoms with Gasteiger partial charge in [0, 0.05) is 32.2 Å². The van der Waals surface area contributed by atoms with Crippen molar-refractivity contribution >= 4 is 29.9 Å². The van der Waals surface area contributed by atoms with E-state index >= 15 is 0 Å². The van der Waals surface area contributed by atoms with Crippen LogP contribution in [0.15, 0.2) is 41.4 Å². The molecule has 0 fully saturated rings. The van der Waals surface area contributed by atoms with Crippen LogP contribution in [0.1, 0.15) is 25.0 Å². The summed E-state index contributed by atoms with van der Waals surface area (Å²) >= 11 is 0. The van der Waals surface area contributed by atoms with Crippen molar-refractivity contribution in [3.63, 3.8) is 0 Å². The molecule has 0 aliphatic rings. The molecule has 2 aromatic rings. The first kappa shape index (κ1) is 27.7. The minimum atomic E-state index is 0. The summed E-state index contributed by atoms with van der Waals surface area (Å²) in [5.41, 5.74) is 2.21. The maximum absolute atomic E-state index is 5.58. The quantitative estimate of drug-likeness (QED) is 0.252. The fraction of sp³-hybridized carbons (Fsp3) is 0.458. The van der Waals surface area contributed by atoms with Crippen LogP contribution in [-0.2, 0) is 13.0 Å². The molecule has 7 nitrogen and oxygen atoms in total. The van der Waals surface area contributed by atoms with E-state index < -0.39 is 0 Å². The van der Waals surface area contributed by atoms with Gasteiger partial charge in [0.25, 0.3) is 0 Å². The third-order valence-electron chi connectivity index (χ3n) is 4.78. The van der Waals surface area contributed by atoms with Gasteiger partial charge in [-0.05, 0) is 44.0 Å². The van der Waals surface area contributed by atoms with Crippen molar-refractivity contribution in [2.24, 2.45) is 4.99 Å². The zero-order chi connectivity index (χ0) is 22.6. The van der Waals surface area contributed by atoms with Gasteiger partial charge < -0.3 is 29.2 Å². The van der Waals surface area contributed by atoms with Gasteiger partial charge in [-0.15, -0.1) is 24.0 Å². The zero-order valence-corrected chi connectivity index (χ0v) is 22.3. The number of ether oxygens (including phenoxy) is 4. The van der Waals surface area contributed by atoms with Gasteiger partial charge in [-0.3, -0.25) is 4.99 Å². The first-order chi connectivity index (χ1) is 15.1. The Morgan fingerprint density at radius 3 is 2.19 bits per heavy atom. The van der Waals surface area contributed by atoms with Crippen LogP contribution >= 0.6 is 24.0 Å². The summed E-state index contributed by atoms with van der Waals surface area (Å²) in [6.07, 6.45) is 0.718. The smallest absolute Gasteiger partial charge is 0.203 e. The summed E-state index contributed by atoms with van der Waals surface area (Å²) in [6, 6.07) is 12.1. The van der Waals surface area contributed by atoms with Crippen LogP contribution < -0.4 is 24.3 Å². The molecule has 0 aliphatic heterocycles. The second-order valence-corrected chi connectivity index (χ2v) is 6.91. The lowest BCUT2D eigenvalue weighted by Crippen LogP contribution is -2.38. The maximum Gasteiger partial charge on any atom is 0.203 e. The number of hydrogen-bond acceptors (Lipinski definition) is 5. The van der Waals surface area contributed by atoms with Crippen molar-refractivity contribution in [1.82, 2.24) is 10.2 Å². The van der Waals surface area contributed by atoms with Gasteiger partial charge in [0.1, 0.15) is 5.75 Å². The normalized spacial score (nSPS) is 10.8. The molecule has 0 saturated heterocycles. The van der Waals surface area contributed by atoms with Crippen molar-refractivity contribution < 1.29 is 18.9 Å². The van der Waals surface area contributed by atoms with E-state index in [0.717, 1.165) is 36.8 Å². The number of guanidine groups is 1. The molecule has 0 aromatic heterocycles. The molecule has 0 bridgehead atoms. The van der Waals surface area contributed by atoms with Gasteiger partial charge in [-0.1, -0.05) is 18.2 Å². The lowest BCUT2D eigenvalue weighted by Gasteiger charge is -2.22. The van der Waals surface area contributed by atoms with Crippen molar-refractivity contribution in [3.05, 3.63) is 47.5 Å². The van der Waals surface area contributed by atoms with Crippen molar-refractivity contribution in [3.8, 4) is 23.0 Å². The summed E-state index contributed by atoms with van der Waals surface area (Å²) in [5, 5.41) is 3.37. The first-order valence-electron chi connectivity index (χ1n) is 10.6. The van der Waals surface area contributed by atoms with Crippen LogP contribution in [0.5, 0.6) is 23.0 Å². The summed E-state index contributed by atoms with van der Waals surface area (Å²) in [5.74, 6) is 3.68. The summed E-state index contributed by atoms with van der Waals surface area (Å²) in [7, 11) is 6.90. The molecule has 2 rings (SSSR count). The van der Waals surface area contributed by atoms with E-state index in [4.69, 9.17) is 23.9 Å². The third-order valence-corrected chi connectivity index (χ3v) is 4.78. The molecule has 2 aromatic carbocycles. The van der Waals surface area contributed by atoms with Crippen LogP contribution in [0.25, 0.3) is 0 Å². The Hall–Kier alpha value is -2.36. The molecule has 0 unspecified atom stereocenters. The fourth-order valence-electron chi connectivity index (χ4n) is 3.32. The molecule has 1 N–H and O–H groups in total. The monoisotopic (exact) mass is 557 g/mol. The largest absolute Gasteiger partial charge is 0.494 e. The predicted octanol–water partition coefficient (Wildman–Crippen LogP) is 4.37. The average Bonchev–Trinajstić information content (AvgIpc) is 2.79. The lowest BCUT2D eigenvalue weighted by molar-refractivity contribution is 0.322. The molecule has 0 atom stereocenters. The van der Waals surface area contributed by atoms with Crippen molar-refractivity contribution in [1.29, 1.82) is 0 Å². The number of rotatable bonds is 11. The van der Waals surface area contributed by atoms with Crippen LogP contribution in [0.4, 0.5) is 0 Å². The summed E-state index contributed by atoms with van der Waals surface area (Å²) < 4.78 is 21.9. The van der Waals surface area contributed by atoms with Crippen LogP contribution in [-0.4, -0.2) is 58.9 Å². The molecule has 8 heteroatoms. The highest BCUT2D eigenvalue weighted by atomic mass is 127. The minimum absolute atomic E-state index is 0. The van der Waals surface area contributed by atoms with E-state index in [0.29, 0.717) is 30.4 Å². The lowest BCUT2D eigenvalue weighted by atomic mass is 10.1. The molecule has 0 saturated carbocycles. The highest BCUT2D eigenvalue weighted by Crippen LogP contribution is 2.39. The highest BCUT2D eigenvalue weighted by molar-refractivity contribution is 14.0. The minimum Gasteiger partial charge on any atom is -0.494 e. The van der Waals surface area contributed by atoms with E-state index in [1.54, 1.807) is 21.3 Å². The van der Waals surface area contributed by atoms with E-state index in [1.807, 2.05) is 38.2 Å². The molecule has 0 heterocycles. The number of halogens is 1. The number of hydrogen-bond donors (Lipinski definition) is 1. The SMILES string of the molecule is CCNC(=NCCc1ccc(OC)c(OC)c1OC)N(C)Cc1ccc(OCC)cc1.I. The molecule has 0 spiro atoms. The number of methoxy groups -OCH3 is 3. The highest BCUT2D eigenvalue weighted by Gasteiger charge is 2.15. The Morgan fingerprint density at radius 1 is 0.938 bits per heavy atom. The predicted molar refractivity (Wildman–Crippen MR) is 140 cm³/mol. The zero-order valence-electron chi connectivity index (χ0n) is 19.9. The van der Waals surface area contributed by atoms with Gasteiger partial charge in [-0.2, -0.15) is 0 Å². The van der Waals surface area contributed by atoms with E-state index in [-0.39, 0.29) is 24.0 Å². The molecule has 178 valence electrons. The van der Waals surface area contributed by atoms with Crippen LogP contribution in [0, 0.1) is 0 Å². The molecule has 0 amide bonds. The van der Waals surface area contributed by atoms with E-state index in [2.05, 4.69) is 29.3 Å². The van der Waals surface area contributed by atoms with Crippen molar-refractivity contribution in [2.75, 3.05) is 48.1 Å². The van der Waals surface area contributed by atoms with Crippen molar-refractivity contribution in [2.45, 2.75) is 26.8 Å². The number of aliphatic imine (C=N–C) groups is 1.